The molecule has 0 bridgehead atoms. The van der Waals surface area contributed by atoms with E-state index >= 15 is 0 Å². The maximum absolute atomic E-state index is 12.4. The van der Waals surface area contributed by atoms with Gasteiger partial charge in [-0.2, -0.15) is 0 Å². The third-order valence-corrected chi connectivity index (χ3v) is 4.40. The molecule has 8 heteroatoms. The van der Waals surface area contributed by atoms with Crippen molar-refractivity contribution < 1.29 is 23.9 Å². The van der Waals surface area contributed by atoms with E-state index in [0.717, 1.165) is 0 Å². The van der Waals surface area contributed by atoms with Crippen LogP contribution in [0.2, 0.25) is 5.02 Å². The largest absolute Gasteiger partial charge is 0.493 e. The van der Waals surface area contributed by atoms with Gasteiger partial charge in [-0.05, 0) is 30.7 Å². The summed E-state index contributed by atoms with van der Waals surface area (Å²) in [4.78, 5) is 36.6. The Balaban J connectivity index is 2.04. The van der Waals surface area contributed by atoms with Crippen molar-refractivity contribution in [2.45, 2.75) is 19.4 Å². The summed E-state index contributed by atoms with van der Waals surface area (Å²) in [6, 6.07) is 13.0. The van der Waals surface area contributed by atoms with E-state index in [0.29, 0.717) is 28.5 Å². The highest BCUT2D eigenvalue weighted by Crippen LogP contribution is 2.25. The molecule has 29 heavy (non-hydrogen) atoms. The molecule has 1 atom stereocenters. The first-order valence-corrected chi connectivity index (χ1v) is 9.44. The molecule has 2 amide bonds. The first-order valence-electron chi connectivity index (χ1n) is 9.06. The number of carbonyl (C=O) groups is 3. The van der Waals surface area contributed by atoms with E-state index in [9.17, 15) is 14.4 Å². The second-order valence-corrected chi connectivity index (χ2v) is 6.44. The van der Waals surface area contributed by atoms with Gasteiger partial charge in [-0.25, -0.2) is 0 Å². The van der Waals surface area contributed by atoms with Gasteiger partial charge in [0.1, 0.15) is 5.75 Å². The van der Waals surface area contributed by atoms with Crippen molar-refractivity contribution in [3.63, 3.8) is 0 Å². The van der Waals surface area contributed by atoms with Crippen LogP contribution in [0.4, 0.5) is 0 Å². The van der Waals surface area contributed by atoms with E-state index in [-0.39, 0.29) is 13.0 Å². The summed E-state index contributed by atoms with van der Waals surface area (Å²) in [5, 5.41) is 5.69. The monoisotopic (exact) mass is 418 g/mol. The Morgan fingerprint density at radius 3 is 2.45 bits per heavy atom. The number of rotatable bonds is 9. The predicted octanol–water partition coefficient (Wildman–Crippen LogP) is 2.89. The Hall–Kier alpha value is -3.06. The summed E-state index contributed by atoms with van der Waals surface area (Å²) in [7, 11) is 1.27. The minimum absolute atomic E-state index is 0.0902. The van der Waals surface area contributed by atoms with Crippen LogP contribution in [-0.4, -0.2) is 38.0 Å². The molecule has 2 N–H and O–H groups in total. The van der Waals surface area contributed by atoms with Crippen LogP contribution in [0.15, 0.2) is 48.5 Å². The third-order valence-electron chi connectivity index (χ3n) is 4.06. The minimum Gasteiger partial charge on any atom is -0.493 e. The zero-order valence-electron chi connectivity index (χ0n) is 16.2. The van der Waals surface area contributed by atoms with Gasteiger partial charge in [-0.15, -0.1) is 0 Å². The smallest absolute Gasteiger partial charge is 0.307 e. The van der Waals surface area contributed by atoms with Gasteiger partial charge in [0.05, 0.1) is 38.3 Å². The SMILES string of the molecule is CCOc1ccccc1C(=O)NCC(=O)N[C@H](CC(=O)OC)c1ccccc1Cl. The summed E-state index contributed by atoms with van der Waals surface area (Å²) in [6.07, 6.45) is -0.0902. The van der Waals surface area contributed by atoms with Crippen molar-refractivity contribution in [1.82, 2.24) is 10.6 Å². The summed E-state index contributed by atoms with van der Waals surface area (Å²) >= 11 is 6.20. The molecule has 0 aliphatic carbocycles. The highest BCUT2D eigenvalue weighted by atomic mass is 35.5. The van der Waals surface area contributed by atoms with Gasteiger partial charge in [0.2, 0.25) is 5.91 Å². The van der Waals surface area contributed by atoms with Crippen molar-refractivity contribution in [2.24, 2.45) is 0 Å². The molecule has 2 aromatic rings. The van der Waals surface area contributed by atoms with E-state index in [1.807, 2.05) is 6.92 Å². The van der Waals surface area contributed by atoms with Gasteiger partial charge in [0.15, 0.2) is 0 Å². The van der Waals surface area contributed by atoms with Gasteiger partial charge in [0, 0.05) is 5.02 Å². The van der Waals surface area contributed by atoms with Gasteiger partial charge < -0.3 is 20.1 Å². The van der Waals surface area contributed by atoms with Crippen molar-refractivity contribution in [1.29, 1.82) is 0 Å². The van der Waals surface area contributed by atoms with E-state index in [2.05, 4.69) is 10.6 Å². The molecule has 0 aliphatic heterocycles. The fourth-order valence-electron chi connectivity index (χ4n) is 2.68. The summed E-state index contributed by atoms with van der Waals surface area (Å²) < 4.78 is 10.1. The lowest BCUT2D eigenvalue weighted by Gasteiger charge is -2.19. The maximum atomic E-state index is 12.4. The molecule has 0 saturated carbocycles. The predicted molar refractivity (Wildman–Crippen MR) is 109 cm³/mol. The van der Waals surface area contributed by atoms with Gasteiger partial charge >= 0.3 is 5.97 Å². The lowest BCUT2D eigenvalue weighted by molar-refractivity contribution is -0.141. The maximum Gasteiger partial charge on any atom is 0.307 e. The number of nitrogens with one attached hydrogen (secondary N) is 2. The molecule has 154 valence electrons. The summed E-state index contributed by atoms with van der Waals surface area (Å²) in [5.41, 5.74) is 0.917. The van der Waals surface area contributed by atoms with E-state index in [1.54, 1.807) is 48.5 Å². The Labute approximate surface area is 174 Å². The van der Waals surface area contributed by atoms with Crippen molar-refractivity contribution in [2.75, 3.05) is 20.3 Å². The second-order valence-electron chi connectivity index (χ2n) is 6.03. The van der Waals surface area contributed by atoms with Crippen molar-refractivity contribution >= 4 is 29.4 Å². The highest BCUT2D eigenvalue weighted by molar-refractivity contribution is 6.31. The molecule has 7 nitrogen and oxygen atoms in total. The zero-order chi connectivity index (χ0) is 21.2. The van der Waals surface area contributed by atoms with Crippen LogP contribution in [0.1, 0.15) is 35.3 Å². The molecule has 0 spiro atoms. The lowest BCUT2D eigenvalue weighted by atomic mass is 10.0. The number of hydrogen-bond donors (Lipinski definition) is 2. The van der Waals surface area contributed by atoms with Crippen LogP contribution >= 0.6 is 11.6 Å². The number of hydrogen-bond acceptors (Lipinski definition) is 5. The molecule has 0 aliphatic rings. The second kappa shape index (κ2) is 11.1. The number of para-hydroxylation sites is 1. The van der Waals surface area contributed by atoms with Crippen LogP contribution in [0.25, 0.3) is 0 Å². The molecule has 0 radical (unpaired) electrons. The van der Waals surface area contributed by atoms with Crippen LogP contribution in [-0.2, 0) is 14.3 Å². The van der Waals surface area contributed by atoms with Crippen molar-refractivity contribution in [3.05, 3.63) is 64.7 Å². The molecular formula is C21H23ClN2O5. The number of ether oxygens (including phenoxy) is 2. The molecule has 2 aromatic carbocycles. The van der Waals surface area contributed by atoms with E-state index < -0.39 is 23.8 Å². The van der Waals surface area contributed by atoms with E-state index in [1.165, 1.54) is 7.11 Å². The Kier molecular flexibility index (Phi) is 8.48. The number of esters is 1. The molecule has 0 aromatic heterocycles. The number of carbonyl (C=O) groups excluding carboxylic acids is 3. The van der Waals surface area contributed by atoms with Gasteiger partial charge in [0.25, 0.3) is 5.91 Å². The quantitative estimate of drug-likeness (QED) is 0.611. The number of methoxy groups -OCH3 is 1. The Morgan fingerprint density at radius 1 is 1.07 bits per heavy atom. The Morgan fingerprint density at radius 2 is 1.76 bits per heavy atom. The van der Waals surface area contributed by atoms with Gasteiger partial charge in [-0.1, -0.05) is 41.9 Å². The van der Waals surface area contributed by atoms with Crippen molar-refractivity contribution in [3.8, 4) is 5.75 Å². The normalized spacial score (nSPS) is 11.3. The summed E-state index contributed by atoms with van der Waals surface area (Å²) in [6.45, 7) is 1.96. The van der Waals surface area contributed by atoms with Crippen LogP contribution in [0.3, 0.4) is 0 Å². The molecule has 0 fully saturated rings. The number of benzene rings is 2. The zero-order valence-corrected chi connectivity index (χ0v) is 17.0. The molecular weight excluding hydrogens is 396 g/mol. The fourth-order valence-corrected chi connectivity index (χ4v) is 2.95. The highest BCUT2D eigenvalue weighted by Gasteiger charge is 2.21. The molecule has 0 saturated heterocycles. The van der Waals surface area contributed by atoms with Crippen LogP contribution in [0, 0.1) is 0 Å². The summed E-state index contributed by atoms with van der Waals surface area (Å²) in [5.74, 6) is -0.968. The Bertz CT molecular complexity index is 872. The number of halogens is 1. The standard InChI is InChI=1S/C21H23ClN2O5/c1-3-29-18-11-7-5-9-15(18)21(27)23-13-19(25)24-17(12-20(26)28-2)14-8-4-6-10-16(14)22/h4-11,17H,3,12-13H2,1-2H3,(H,23,27)(H,24,25)/t17-/m1/s1. The third kappa shape index (κ3) is 6.50. The fraction of sp³-hybridized carbons (Fsp3) is 0.286. The van der Waals surface area contributed by atoms with Gasteiger partial charge in [-0.3, -0.25) is 14.4 Å². The van der Waals surface area contributed by atoms with E-state index in [4.69, 9.17) is 21.1 Å². The topological polar surface area (TPSA) is 93.7 Å². The van der Waals surface area contributed by atoms with Crippen LogP contribution in [0.5, 0.6) is 5.75 Å². The lowest BCUT2D eigenvalue weighted by Crippen LogP contribution is -2.39. The average molecular weight is 419 g/mol. The minimum atomic E-state index is -0.684. The van der Waals surface area contributed by atoms with Crippen LogP contribution < -0.4 is 15.4 Å². The molecule has 0 heterocycles. The number of amides is 2. The molecule has 2 rings (SSSR count). The first kappa shape index (κ1) is 22.2. The average Bonchev–Trinajstić information content (AvgIpc) is 2.72. The molecule has 0 unspecified atom stereocenters. The first-order chi connectivity index (χ1) is 14.0.